The third-order valence-corrected chi connectivity index (χ3v) is 4.82. The summed E-state index contributed by atoms with van der Waals surface area (Å²) in [7, 11) is 0. The number of hydrogen-bond acceptors (Lipinski definition) is 2. The van der Waals surface area contributed by atoms with Crippen LogP contribution in [0.3, 0.4) is 0 Å². The highest BCUT2D eigenvalue weighted by molar-refractivity contribution is 5.87. The largest absolute Gasteiger partial charge is 0.395 e. The lowest BCUT2D eigenvalue weighted by Gasteiger charge is -2.02. The highest BCUT2D eigenvalue weighted by Gasteiger charge is 1.93. The Morgan fingerprint density at radius 1 is 0.690 bits per heavy atom. The van der Waals surface area contributed by atoms with Crippen molar-refractivity contribution in [1.82, 2.24) is 5.32 Å². The van der Waals surface area contributed by atoms with Crippen LogP contribution in [-0.2, 0) is 4.79 Å². The summed E-state index contributed by atoms with van der Waals surface area (Å²) in [6.45, 7) is 2.53. The van der Waals surface area contributed by atoms with Gasteiger partial charge in [-0.2, -0.15) is 0 Å². The monoisotopic (exact) mass is 403 g/mol. The van der Waals surface area contributed by atoms with Crippen LogP contribution in [0.25, 0.3) is 0 Å². The van der Waals surface area contributed by atoms with E-state index in [9.17, 15) is 4.79 Å². The van der Waals surface area contributed by atoms with Crippen LogP contribution in [0.15, 0.2) is 48.6 Å². The van der Waals surface area contributed by atoms with Crippen LogP contribution in [0.5, 0.6) is 0 Å². The molecule has 29 heavy (non-hydrogen) atoms. The molecule has 0 spiro atoms. The number of amides is 1. The average molecular weight is 404 g/mol. The minimum Gasteiger partial charge on any atom is -0.395 e. The molecule has 2 N–H and O–H groups in total. The average Bonchev–Trinajstić information content (AvgIpc) is 2.73. The molecule has 3 heteroatoms. The Bertz CT molecular complexity index is 463. The molecule has 0 fully saturated rings. The van der Waals surface area contributed by atoms with Crippen molar-refractivity contribution in [3.05, 3.63) is 48.6 Å². The maximum atomic E-state index is 11.2. The van der Waals surface area contributed by atoms with Crippen LogP contribution < -0.4 is 5.32 Å². The molecule has 0 aromatic heterocycles. The van der Waals surface area contributed by atoms with Gasteiger partial charge in [0.05, 0.1) is 6.61 Å². The minimum absolute atomic E-state index is 0.0379. The molecule has 1 amide bonds. The molecule has 0 radical (unpaired) electrons. The van der Waals surface area contributed by atoms with Gasteiger partial charge in [0.1, 0.15) is 0 Å². The SMILES string of the molecule is CCCCCCCCCCCCCCC\C=C/C=C/C=C\C=C\C(=O)NCCO. The molecule has 0 aromatic carbocycles. The Balaban J connectivity index is 3.37. The van der Waals surface area contributed by atoms with E-state index >= 15 is 0 Å². The van der Waals surface area contributed by atoms with Gasteiger partial charge >= 0.3 is 0 Å². The number of unbranched alkanes of at least 4 members (excludes halogenated alkanes) is 13. The van der Waals surface area contributed by atoms with Crippen molar-refractivity contribution in [2.24, 2.45) is 0 Å². The Kier molecular flexibility index (Phi) is 23.1. The molecule has 0 saturated heterocycles. The molecule has 0 rings (SSSR count). The predicted molar refractivity (Wildman–Crippen MR) is 127 cm³/mol. The van der Waals surface area contributed by atoms with Crippen LogP contribution in [0, 0.1) is 0 Å². The number of allylic oxidation sites excluding steroid dienone is 7. The van der Waals surface area contributed by atoms with Gasteiger partial charge in [-0.3, -0.25) is 4.79 Å². The molecule has 0 atom stereocenters. The predicted octanol–water partition coefficient (Wildman–Crippen LogP) is 6.80. The fourth-order valence-corrected chi connectivity index (χ4v) is 3.09. The first kappa shape index (κ1) is 27.4. The first-order valence-electron chi connectivity index (χ1n) is 11.9. The van der Waals surface area contributed by atoms with Gasteiger partial charge < -0.3 is 10.4 Å². The maximum absolute atomic E-state index is 11.2. The van der Waals surface area contributed by atoms with Crippen LogP contribution in [0.4, 0.5) is 0 Å². The molecule has 0 aliphatic heterocycles. The lowest BCUT2D eigenvalue weighted by molar-refractivity contribution is -0.116. The Morgan fingerprint density at radius 2 is 1.17 bits per heavy atom. The lowest BCUT2D eigenvalue weighted by atomic mass is 10.0. The van der Waals surface area contributed by atoms with Crippen LogP contribution in [-0.4, -0.2) is 24.2 Å². The van der Waals surface area contributed by atoms with Crippen LogP contribution in [0.1, 0.15) is 96.8 Å². The summed E-state index contributed by atoms with van der Waals surface area (Å²) in [6.07, 6.45) is 34.4. The topological polar surface area (TPSA) is 49.3 Å². The van der Waals surface area contributed by atoms with E-state index in [0.717, 1.165) is 6.42 Å². The van der Waals surface area contributed by atoms with Crippen LogP contribution in [0.2, 0.25) is 0 Å². The Labute approximate surface area is 180 Å². The number of aliphatic hydroxyl groups excluding tert-OH is 1. The smallest absolute Gasteiger partial charge is 0.244 e. The van der Waals surface area contributed by atoms with Gasteiger partial charge in [-0.05, 0) is 12.8 Å². The van der Waals surface area contributed by atoms with Gasteiger partial charge in [0.2, 0.25) is 5.91 Å². The molecule has 0 bridgehead atoms. The van der Waals surface area contributed by atoms with E-state index in [1.54, 1.807) is 6.08 Å². The zero-order chi connectivity index (χ0) is 21.3. The van der Waals surface area contributed by atoms with Crippen molar-refractivity contribution in [1.29, 1.82) is 0 Å². The van der Waals surface area contributed by atoms with E-state index in [-0.39, 0.29) is 19.1 Å². The molecule has 3 nitrogen and oxygen atoms in total. The summed E-state index contributed by atoms with van der Waals surface area (Å²) in [5.74, 6) is -0.189. The van der Waals surface area contributed by atoms with E-state index in [4.69, 9.17) is 5.11 Å². The van der Waals surface area contributed by atoms with Crippen molar-refractivity contribution in [3.63, 3.8) is 0 Å². The van der Waals surface area contributed by atoms with Crippen molar-refractivity contribution in [3.8, 4) is 0 Å². The summed E-state index contributed by atoms with van der Waals surface area (Å²) >= 11 is 0. The number of rotatable bonds is 20. The molecule has 0 aliphatic carbocycles. The second kappa shape index (κ2) is 24.4. The summed E-state index contributed by atoms with van der Waals surface area (Å²) in [5, 5.41) is 11.1. The number of carbonyl (C=O) groups is 1. The van der Waals surface area contributed by atoms with E-state index in [1.165, 1.54) is 89.5 Å². The van der Waals surface area contributed by atoms with Gasteiger partial charge in [0.15, 0.2) is 0 Å². The highest BCUT2D eigenvalue weighted by atomic mass is 16.3. The van der Waals surface area contributed by atoms with Crippen LogP contribution >= 0.6 is 0 Å². The van der Waals surface area contributed by atoms with Crippen molar-refractivity contribution in [2.45, 2.75) is 96.8 Å². The van der Waals surface area contributed by atoms with Crippen molar-refractivity contribution >= 4 is 5.91 Å². The van der Waals surface area contributed by atoms with Gasteiger partial charge in [0.25, 0.3) is 0 Å². The van der Waals surface area contributed by atoms with Crippen molar-refractivity contribution < 1.29 is 9.90 Å². The second-order valence-electron chi connectivity index (χ2n) is 7.60. The van der Waals surface area contributed by atoms with E-state index in [1.807, 2.05) is 24.3 Å². The van der Waals surface area contributed by atoms with E-state index in [0.29, 0.717) is 0 Å². The van der Waals surface area contributed by atoms with Gasteiger partial charge in [-0.25, -0.2) is 0 Å². The number of carbonyl (C=O) groups excluding carboxylic acids is 1. The summed E-state index contributed by atoms with van der Waals surface area (Å²) in [4.78, 5) is 11.2. The molecule has 0 unspecified atom stereocenters. The van der Waals surface area contributed by atoms with Gasteiger partial charge in [-0.1, -0.05) is 127 Å². The molecule has 0 heterocycles. The molecular formula is C26H45NO2. The normalized spacial score (nSPS) is 12.2. The maximum Gasteiger partial charge on any atom is 0.244 e. The first-order valence-corrected chi connectivity index (χ1v) is 11.9. The summed E-state index contributed by atoms with van der Waals surface area (Å²) in [5.41, 5.74) is 0. The molecule has 0 aliphatic rings. The molecule has 0 saturated carbocycles. The zero-order valence-corrected chi connectivity index (χ0v) is 18.8. The Morgan fingerprint density at radius 3 is 1.72 bits per heavy atom. The highest BCUT2D eigenvalue weighted by Crippen LogP contribution is 2.12. The van der Waals surface area contributed by atoms with Gasteiger partial charge in [-0.15, -0.1) is 0 Å². The molecule has 166 valence electrons. The number of hydrogen-bond donors (Lipinski definition) is 2. The fraction of sp³-hybridized carbons (Fsp3) is 0.654. The number of nitrogens with one attached hydrogen (secondary N) is 1. The third-order valence-electron chi connectivity index (χ3n) is 4.82. The summed E-state index contributed by atoms with van der Waals surface area (Å²) in [6, 6.07) is 0. The van der Waals surface area contributed by atoms with Crippen molar-refractivity contribution in [2.75, 3.05) is 13.2 Å². The first-order chi connectivity index (χ1) is 14.3. The fourth-order valence-electron chi connectivity index (χ4n) is 3.09. The Hall–Kier alpha value is -1.61. The van der Waals surface area contributed by atoms with E-state index in [2.05, 4.69) is 24.4 Å². The minimum atomic E-state index is -0.189. The second-order valence-corrected chi connectivity index (χ2v) is 7.60. The lowest BCUT2D eigenvalue weighted by Crippen LogP contribution is -2.24. The zero-order valence-electron chi connectivity index (χ0n) is 18.8. The van der Waals surface area contributed by atoms with Gasteiger partial charge in [0, 0.05) is 12.6 Å². The van der Waals surface area contributed by atoms with E-state index < -0.39 is 0 Å². The molecular weight excluding hydrogens is 358 g/mol. The summed E-state index contributed by atoms with van der Waals surface area (Å²) < 4.78 is 0. The standard InChI is InChI=1S/C26H45NO2/c1-2-3-4-5-6-7-8-9-10-11-12-13-14-15-16-17-18-19-20-21-22-23-26(29)27-24-25-28/h16-23,28H,2-15,24-25H2,1H3,(H,27,29)/b17-16-,19-18+,21-20-,23-22+. The third kappa shape index (κ3) is 24.4. The quantitative estimate of drug-likeness (QED) is 0.133. The molecule has 0 aromatic rings. The number of aliphatic hydroxyl groups is 1.